The molecular formula is C19H24N2O3. The molecule has 0 aliphatic carbocycles. The number of hydrogen-bond donors (Lipinski definition) is 2. The fourth-order valence-electron chi connectivity index (χ4n) is 2.46. The molecule has 24 heavy (non-hydrogen) atoms. The maximum Gasteiger partial charge on any atom is 0.237 e. The quantitative estimate of drug-likeness (QED) is 0.776. The molecule has 5 heteroatoms. The maximum absolute atomic E-state index is 12.1. The minimum atomic E-state index is -0.544. The van der Waals surface area contributed by atoms with Gasteiger partial charge in [0.15, 0.2) is 11.5 Å². The largest absolute Gasteiger partial charge is 0.493 e. The van der Waals surface area contributed by atoms with Crippen LogP contribution in [0, 0.1) is 0 Å². The molecule has 0 bridgehead atoms. The highest BCUT2D eigenvalue weighted by Gasteiger charge is 2.13. The molecule has 0 spiro atoms. The van der Waals surface area contributed by atoms with Crippen molar-refractivity contribution in [2.24, 2.45) is 5.73 Å². The van der Waals surface area contributed by atoms with E-state index in [1.54, 1.807) is 14.2 Å². The Balaban J connectivity index is 1.82. The van der Waals surface area contributed by atoms with Gasteiger partial charge in [-0.15, -0.1) is 0 Å². The summed E-state index contributed by atoms with van der Waals surface area (Å²) in [6.45, 7) is 0.525. The molecule has 0 fully saturated rings. The monoisotopic (exact) mass is 328 g/mol. The SMILES string of the molecule is COc1ccc(CCNC(=O)[C@@H](N)Cc2ccccc2)cc1OC. The molecule has 0 saturated carbocycles. The average Bonchev–Trinajstić information content (AvgIpc) is 2.62. The summed E-state index contributed by atoms with van der Waals surface area (Å²) < 4.78 is 10.5. The first-order chi connectivity index (χ1) is 11.6. The van der Waals surface area contributed by atoms with E-state index in [1.165, 1.54) is 0 Å². The zero-order chi connectivity index (χ0) is 17.4. The van der Waals surface area contributed by atoms with Gasteiger partial charge in [0.05, 0.1) is 20.3 Å². The molecule has 3 N–H and O–H groups in total. The summed E-state index contributed by atoms with van der Waals surface area (Å²) in [6.07, 6.45) is 1.23. The fourth-order valence-corrected chi connectivity index (χ4v) is 2.46. The van der Waals surface area contributed by atoms with Crippen LogP contribution in [0.3, 0.4) is 0 Å². The molecule has 0 heterocycles. The van der Waals surface area contributed by atoms with Gasteiger partial charge in [0.25, 0.3) is 0 Å². The highest BCUT2D eigenvalue weighted by molar-refractivity contribution is 5.81. The summed E-state index contributed by atoms with van der Waals surface area (Å²) in [5, 5.41) is 2.88. The van der Waals surface area contributed by atoms with Gasteiger partial charge in [-0.05, 0) is 36.1 Å². The van der Waals surface area contributed by atoms with Gasteiger partial charge in [0.1, 0.15) is 0 Å². The fraction of sp³-hybridized carbons (Fsp3) is 0.316. The number of methoxy groups -OCH3 is 2. The van der Waals surface area contributed by atoms with Crippen molar-refractivity contribution in [3.63, 3.8) is 0 Å². The molecule has 2 aromatic carbocycles. The van der Waals surface area contributed by atoms with Crippen molar-refractivity contribution < 1.29 is 14.3 Å². The number of benzene rings is 2. The third-order valence-corrected chi connectivity index (χ3v) is 3.80. The predicted octanol–water partition coefficient (Wildman–Crippen LogP) is 1.93. The molecule has 5 nitrogen and oxygen atoms in total. The van der Waals surface area contributed by atoms with Crippen LogP contribution in [0.2, 0.25) is 0 Å². The number of hydrogen-bond acceptors (Lipinski definition) is 4. The average molecular weight is 328 g/mol. The topological polar surface area (TPSA) is 73.6 Å². The molecule has 0 unspecified atom stereocenters. The van der Waals surface area contributed by atoms with Crippen molar-refractivity contribution in [2.75, 3.05) is 20.8 Å². The molecule has 1 atom stereocenters. The zero-order valence-electron chi connectivity index (χ0n) is 14.1. The number of carbonyl (C=O) groups is 1. The summed E-state index contributed by atoms with van der Waals surface area (Å²) in [7, 11) is 3.21. The van der Waals surface area contributed by atoms with Crippen molar-refractivity contribution in [1.29, 1.82) is 0 Å². The number of carbonyl (C=O) groups excluding carboxylic acids is 1. The lowest BCUT2D eigenvalue weighted by molar-refractivity contribution is -0.122. The van der Waals surface area contributed by atoms with E-state index >= 15 is 0 Å². The standard InChI is InChI=1S/C19H24N2O3/c1-23-17-9-8-15(13-18(17)24-2)10-11-21-19(22)16(20)12-14-6-4-3-5-7-14/h3-9,13,16H,10-12,20H2,1-2H3,(H,21,22)/t16-/m0/s1. The number of nitrogens with one attached hydrogen (secondary N) is 1. The highest BCUT2D eigenvalue weighted by Crippen LogP contribution is 2.27. The number of amides is 1. The van der Waals surface area contributed by atoms with E-state index in [4.69, 9.17) is 15.2 Å². The first-order valence-electron chi connectivity index (χ1n) is 7.92. The summed E-state index contributed by atoms with van der Waals surface area (Å²) >= 11 is 0. The molecule has 2 aromatic rings. The van der Waals surface area contributed by atoms with E-state index in [1.807, 2.05) is 48.5 Å². The van der Waals surface area contributed by atoms with Crippen LogP contribution in [0.15, 0.2) is 48.5 Å². The Morgan fingerprint density at radius 3 is 2.42 bits per heavy atom. The van der Waals surface area contributed by atoms with Crippen molar-refractivity contribution in [3.05, 3.63) is 59.7 Å². The Hall–Kier alpha value is -2.53. The van der Waals surface area contributed by atoms with E-state index in [2.05, 4.69) is 5.32 Å². The molecule has 0 aromatic heterocycles. The van der Waals surface area contributed by atoms with Gasteiger partial charge in [0.2, 0.25) is 5.91 Å². The van der Waals surface area contributed by atoms with Crippen molar-refractivity contribution >= 4 is 5.91 Å². The van der Waals surface area contributed by atoms with Crippen LogP contribution in [0.25, 0.3) is 0 Å². The van der Waals surface area contributed by atoms with Gasteiger partial charge < -0.3 is 20.5 Å². The van der Waals surface area contributed by atoms with Crippen molar-refractivity contribution in [3.8, 4) is 11.5 Å². The number of ether oxygens (including phenoxy) is 2. The minimum Gasteiger partial charge on any atom is -0.493 e. The predicted molar refractivity (Wildman–Crippen MR) is 94.4 cm³/mol. The number of nitrogens with two attached hydrogens (primary N) is 1. The second kappa shape index (κ2) is 8.93. The summed E-state index contributed by atoms with van der Waals surface area (Å²) in [5.41, 5.74) is 8.08. The van der Waals surface area contributed by atoms with Crippen LogP contribution in [0.4, 0.5) is 0 Å². The third-order valence-electron chi connectivity index (χ3n) is 3.80. The maximum atomic E-state index is 12.1. The first-order valence-corrected chi connectivity index (χ1v) is 7.92. The highest BCUT2D eigenvalue weighted by atomic mass is 16.5. The van der Waals surface area contributed by atoms with Gasteiger partial charge in [-0.25, -0.2) is 0 Å². The van der Waals surface area contributed by atoms with Crippen LogP contribution in [0.1, 0.15) is 11.1 Å². The van der Waals surface area contributed by atoms with Crippen LogP contribution < -0.4 is 20.5 Å². The first kappa shape index (κ1) is 17.8. The van der Waals surface area contributed by atoms with E-state index < -0.39 is 6.04 Å². The van der Waals surface area contributed by atoms with Gasteiger partial charge in [0, 0.05) is 6.54 Å². The van der Waals surface area contributed by atoms with E-state index in [0.717, 1.165) is 11.1 Å². The lowest BCUT2D eigenvalue weighted by Gasteiger charge is -2.13. The van der Waals surface area contributed by atoms with Gasteiger partial charge in [-0.3, -0.25) is 4.79 Å². The van der Waals surface area contributed by atoms with Crippen LogP contribution in [-0.4, -0.2) is 32.7 Å². The van der Waals surface area contributed by atoms with E-state index in [-0.39, 0.29) is 5.91 Å². The Morgan fingerprint density at radius 1 is 1.04 bits per heavy atom. The second-order valence-corrected chi connectivity index (χ2v) is 5.53. The Labute approximate surface area is 142 Å². The third kappa shape index (κ3) is 4.99. The molecule has 1 amide bonds. The smallest absolute Gasteiger partial charge is 0.237 e. The molecule has 0 aliphatic heterocycles. The Bertz CT molecular complexity index is 659. The number of rotatable bonds is 8. The van der Waals surface area contributed by atoms with Crippen molar-refractivity contribution in [1.82, 2.24) is 5.32 Å². The second-order valence-electron chi connectivity index (χ2n) is 5.53. The Morgan fingerprint density at radius 2 is 1.75 bits per heavy atom. The van der Waals surface area contributed by atoms with Gasteiger partial charge in [-0.2, -0.15) is 0 Å². The van der Waals surface area contributed by atoms with Crippen LogP contribution in [0.5, 0.6) is 11.5 Å². The van der Waals surface area contributed by atoms with Gasteiger partial charge in [-0.1, -0.05) is 36.4 Å². The lowest BCUT2D eigenvalue weighted by atomic mass is 10.1. The molecule has 0 saturated heterocycles. The molecular weight excluding hydrogens is 304 g/mol. The van der Waals surface area contributed by atoms with Gasteiger partial charge >= 0.3 is 0 Å². The summed E-state index contributed by atoms with van der Waals surface area (Å²) in [4.78, 5) is 12.1. The molecule has 0 aliphatic rings. The van der Waals surface area contributed by atoms with Crippen LogP contribution >= 0.6 is 0 Å². The molecule has 128 valence electrons. The minimum absolute atomic E-state index is 0.140. The summed E-state index contributed by atoms with van der Waals surface area (Å²) in [6, 6.07) is 14.9. The summed E-state index contributed by atoms with van der Waals surface area (Å²) in [5.74, 6) is 1.23. The molecule has 0 radical (unpaired) electrons. The van der Waals surface area contributed by atoms with Crippen molar-refractivity contribution in [2.45, 2.75) is 18.9 Å². The molecule has 2 rings (SSSR count). The zero-order valence-corrected chi connectivity index (χ0v) is 14.1. The van der Waals surface area contributed by atoms with E-state index in [9.17, 15) is 4.79 Å². The lowest BCUT2D eigenvalue weighted by Crippen LogP contribution is -2.42. The Kier molecular flexibility index (Phi) is 6.63. The van der Waals surface area contributed by atoms with E-state index in [0.29, 0.717) is 30.9 Å². The normalized spacial score (nSPS) is 11.6. The van der Waals surface area contributed by atoms with Crippen LogP contribution in [-0.2, 0) is 17.6 Å².